The van der Waals surface area contributed by atoms with Gasteiger partial charge in [0.15, 0.2) is 11.5 Å². The Balaban J connectivity index is 1.68. The Hall–Kier alpha value is -3.95. The van der Waals surface area contributed by atoms with Crippen molar-refractivity contribution < 1.29 is 19.0 Å². The fraction of sp³-hybridized carbons (Fsp3) is 0.120. The molecule has 3 rings (SSSR count). The molecular weight excluding hydrogens is 428 g/mol. The molecule has 3 aromatic rings. The molecular formula is C25H21ClN2O4. The van der Waals surface area contributed by atoms with Crippen LogP contribution in [-0.4, -0.2) is 20.1 Å². The molecule has 0 radical (unpaired) electrons. The third-order valence-electron chi connectivity index (χ3n) is 4.49. The molecule has 0 saturated heterocycles. The van der Waals surface area contributed by atoms with Crippen molar-refractivity contribution in [1.29, 1.82) is 5.26 Å². The van der Waals surface area contributed by atoms with E-state index < -0.39 is 5.91 Å². The first kappa shape index (κ1) is 22.7. The van der Waals surface area contributed by atoms with Crippen LogP contribution in [0.5, 0.6) is 17.2 Å². The molecule has 0 spiro atoms. The Morgan fingerprint density at radius 3 is 2.41 bits per heavy atom. The third-order valence-corrected chi connectivity index (χ3v) is 4.77. The number of carbonyl (C=O) groups is 1. The van der Waals surface area contributed by atoms with E-state index in [2.05, 4.69) is 5.32 Å². The summed E-state index contributed by atoms with van der Waals surface area (Å²) in [5, 5.41) is 12.5. The zero-order chi connectivity index (χ0) is 22.9. The van der Waals surface area contributed by atoms with Crippen LogP contribution in [0.15, 0.2) is 72.3 Å². The number of halogens is 1. The Bertz CT molecular complexity index is 1150. The van der Waals surface area contributed by atoms with Crippen LogP contribution in [0.3, 0.4) is 0 Å². The van der Waals surface area contributed by atoms with E-state index in [1.54, 1.807) is 36.4 Å². The second kappa shape index (κ2) is 10.9. The molecule has 7 heteroatoms. The third kappa shape index (κ3) is 5.81. The van der Waals surface area contributed by atoms with Crippen molar-refractivity contribution in [2.75, 3.05) is 19.5 Å². The Labute approximate surface area is 191 Å². The average molecular weight is 449 g/mol. The van der Waals surface area contributed by atoms with Crippen LogP contribution < -0.4 is 19.5 Å². The SMILES string of the molecule is COc1cc(/C=C(\C#N)C(=O)Nc2ccc(OCc3ccccc3)cc2)cc(Cl)c1OC. The summed E-state index contributed by atoms with van der Waals surface area (Å²) in [5.41, 5.74) is 2.04. The minimum absolute atomic E-state index is 0.0855. The van der Waals surface area contributed by atoms with E-state index in [1.807, 2.05) is 36.4 Å². The maximum atomic E-state index is 12.6. The summed E-state index contributed by atoms with van der Waals surface area (Å²) in [6.45, 7) is 0.446. The number of hydrogen-bond acceptors (Lipinski definition) is 5. The smallest absolute Gasteiger partial charge is 0.266 e. The Kier molecular flexibility index (Phi) is 7.74. The van der Waals surface area contributed by atoms with Gasteiger partial charge in [0, 0.05) is 5.69 Å². The highest BCUT2D eigenvalue weighted by atomic mass is 35.5. The summed E-state index contributed by atoms with van der Waals surface area (Å²) in [7, 11) is 2.96. The zero-order valence-electron chi connectivity index (χ0n) is 17.6. The van der Waals surface area contributed by atoms with E-state index >= 15 is 0 Å². The van der Waals surface area contributed by atoms with Crippen molar-refractivity contribution in [3.05, 3.63) is 88.5 Å². The van der Waals surface area contributed by atoms with Crippen LogP contribution >= 0.6 is 11.6 Å². The van der Waals surface area contributed by atoms with Crippen molar-refractivity contribution in [2.45, 2.75) is 6.61 Å². The summed E-state index contributed by atoms with van der Waals surface area (Å²) in [4.78, 5) is 12.6. The molecule has 0 fully saturated rings. The molecule has 162 valence electrons. The molecule has 3 aromatic carbocycles. The van der Waals surface area contributed by atoms with Gasteiger partial charge in [-0.15, -0.1) is 0 Å². The highest BCUT2D eigenvalue weighted by Crippen LogP contribution is 2.36. The van der Waals surface area contributed by atoms with E-state index in [1.165, 1.54) is 20.3 Å². The lowest BCUT2D eigenvalue weighted by atomic mass is 10.1. The Morgan fingerprint density at radius 2 is 1.78 bits per heavy atom. The largest absolute Gasteiger partial charge is 0.493 e. The molecule has 0 heterocycles. The van der Waals surface area contributed by atoms with E-state index in [4.69, 9.17) is 25.8 Å². The number of nitrogens with one attached hydrogen (secondary N) is 1. The van der Waals surface area contributed by atoms with Crippen LogP contribution in [0, 0.1) is 11.3 Å². The summed E-state index contributed by atoms with van der Waals surface area (Å²) >= 11 is 6.20. The molecule has 0 aliphatic rings. The summed E-state index contributed by atoms with van der Waals surface area (Å²) < 4.78 is 16.2. The van der Waals surface area contributed by atoms with E-state index in [0.717, 1.165) is 5.56 Å². The first-order valence-corrected chi connectivity index (χ1v) is 10.0. The quantitative estimate of drug-likeness (QED) is 0.364. The molecule has 0 aromatic heterocycles. The number of hydrogen-bond donors (Lipinski definition) is 1. The van der Waals surface area contributed by atoms with Crippen molar-refractivity contribution in [1.82, 2.24) is 0 Å². The maximum Gasteiger partial charge on any atom is 0.266 e. The first-order valence-electron chi connectivity index (χ1n) is 9.65. The molecule has 0 unspecified atom stereocenters. The predicted molar refractivity (Wildman–Crippen MR) is 124 cm³/mol. The number of nitriles is 1. The zero-order valence-corrected chi connectivity index (χ0v) is 18.3. The van der Waals surface area contributed by atoms with Crippen LogP contribution in [0.2, 0.25) is 5.02 Å². The molecule has 0 aliphatic heterocycles. The van der Waals surface area contributed by atoms with Crippen molar-refractivity contribution in [3.8, 4) is 23.3 Å². The van der Waals surface area contributed by atoms with Gasteiger partial charge < -0.3 is 19.5 Å². The van der Waals surface area contributed by atoms with Gasteiger partial charge >= 0.3 is 0 Å². The fourth-order valence-corrected chi connectivity index (χ4v) is 3.21. The van der Waals surface area contributed by atoms with Gasteiger partial charge in [-0.3, -0.25) is 4.79 Å². The second-order valence-corrected chi connectivity index (χ2v) is 7.07. The van der Waals surface area contributed by atoms with Gasteiger partial charge in [-0.1, -0.05) is 41.9 Å². The second-order valence-electron chi connectivity index (χ2n) is 6.66. The molecule has 0 aliphatic carbocycles. The minimum Gasteiger partial charge on any atom is -0.493 e. The predicted octanol–water partition coefficient (Wildman–Crippen LogP) is 5.48. The highest BCUT2D eigenvalue weighted by Gasteiger charge is 2.13. The molecule has 0 saturated carbocycles. The number of methoxy groups -OCH3 is 2. The lowest BCUT2D eigenvalue weighted by Gasteiger charge is -2.11. The highest BCUT2D eigenvalue weighted by molar-refractivity contribution is 6.32. The molecule has 6 nitrogen and oxygen atoms in total. The van der Waals surface area contributed by atoms with Gasteiger partial charge in [0.2, 0.25) is 0 Å². The van der Waals surface area contributed by atoms with Gasteiger partial charge in [0.05, 0.1) is 19.2 Å². The normalized spacial score (nSPS) is 10.8. The van der Waals surface area contributed by atoms with E-state index in [-0.39, 0.29) is 5.57 Å². The summed E-state index contributed by atoms with van der Waals surface area (Å²) in [6, 6.07) is 21.9. The summed E-state index contributed by atoms with van der Waals surface area (Å²) in [5.74, 6) is 0.901. The van der Waals surface area contributed by atoms with Crippen LogP contribution in [0.1, 0.15) is 11.1 Å². The molecule has 0 atom stereocenters. The number of rotatable bonds is 8. The number of anilines is 1. The molecule has 32 heavy (non-hydrogen) atoms. The van der Waals surface area contributed by atoms with Gasteiger partial charge in [-0.2, -0.15) is 5.26 Å². The Morgan fingerprint density at radius 1 is 1.06 bits per heavy atom. The first-order chi connectivity index (χ1) is 15.5. The van der Waals surface area contributed by atoms with Crippen molar-refractivity contribution in [2.24, 2.45) is 0 Å². The van der Waals surface area contributed by atoms with Gasteiger partial charge in [-0.25, -0.2) is 0 Å². The topological polar surface area (TPSA) is 80.6 Å². The number of carbonyl (C=O) groups excluding carboxylic acids is 1. The van der Waals surface area contributed by atoms with Gasteiger partial charge in [0.25, 0.3) is 5.91 Å². The monoisotopic (exact) mass is 448 g/mol. The lowest BCUT2D eigenvalue weighted by molar-refractivity contribution is -0.112. The van der Waals surface area contributed by atoms with Gasteiger partial charge in [-0.05, 0) is 53.6 Å². The van der Waals surface area contributed by atoms with Gasteiger partial charge in [0.1, 0.15) is 24.0 Å². The molecule has 1 N–H and O–H groups in total. The standard InChI is InChI=1S/C25H21ClN2O4/c1-30-23-14-18(13-22(26)24(23)31-2)12-19(15-27)25(29)28-20-8-10-21(11-9-20)32-16-17-6-4-3-5-7-17/h3-14H,16H2,1-2H3,(H,28,29)/b19-12+. The van der Waals surface area contributed by atoms with Crippen LogP contribution in [0.4, 0.5) is 5.69 Å². The number of ether oxygens (including phenoxy) is 3. The fourth-order valence-electron chi connectivity index (χ4n) is 2.91. The average Bonchev–Trinajstić information content (AvgIpc) is 2.82. The summed E-state index contributed by atoms with van der Waals surface area (Å²) in [6.07, 6.45) is 1.43. The van der Waals surface area contributed by atoms with Crippen LogP contribution in [0.25, 0.3) is 6.08 Å². The number of amides is 1. The van der Waals surface area contributed by atoms with Crippen molar-refractivity contribution in [3.63, 3.8) is 0 Å². The number of benzene rings is 3. The minimum atomic E-state index is -0.545. The number of nitrogens with zero attached hydrogens (tertiary/aromatic N) is 1. The molecule has 0 bridgehead atoms. The van der Waals surface area contributed by atoms with Crippen molar-refractivity contribution >= 4 is 29.3 Å². The van der Waals surface area contributed by atoms with E-state index in [0.29, 0.717) is 40.1 Å². The van der Waals surface area contributed by atoms with E-state index in [9.17, 15) is 10.1 Å². The molecule has 1 amide bonds. The van der Waals surface area contributed by atoms with Crippen LogP contribution in [-0.2, 0) is 11.4 Å². The lowest BCUT2D eigenvalue weighted by Crippen LogP contribution is -2.13. The maximum absolute atomic E-state index is 12.6.